The number of carbonyl (C=O) groups is 2. The van der Waals surface area contributed by atoms with Gasteiger partial charge in [0.05, 0.1) is 17.3 Å². The smallest absolute Gasteiger partial charge is 0.255 e. The first-order valence-corrected chi connectivity index (χ1v) is 12.2. The molecule has 1 unspecified atom stereocenters. The van der Waals surface area contributed by atoms with Crippen LogP contribution in [0.5, 0.6) is 0 Å². The lowest BCUT2D eigenvalue weighted by atomic mass is 9.93. The third kappa shape index (κ3) is 5.14. The lowest BCUT2D eigenvalue weighted by Crippen LogP contribution is -2.43. The second-order valence-corrected chi connectivity index (χ2v) is 10.4. The number of nitrogens with one attached hydrogen (secondary N) is 2. The molecule has 0 bridgehead atoms. The van der Waals surface area contributed by atoms with E-state index in [1.54, 1.807) is 11.8 Å². The zero-order valence-corrected chi connectivity index (χ0v) is 20.3. The molecule has 0 radical (unpaired) electrons. The normalized spacial score (nSPS) is 18.4. The van der Waals surface area contributed by atoms with Gasteiger partial charge in [0.1, 0.15) is 0 Å². The number of amidine groups is 1. The minimum absolute atomic E-state index is 0.0339. The SMILES string of the molecule is CC1=C(C(=O)Nc2ccccc2)C(c2ccc(NC(=O)C(C)(C)C)cc2)N2CCCSC2=N1. The number of nitrogens with zero attached hydrogens (tertiary/aromatic N) is 2. The number of amides is 2. The molecule has 2 aliphatic rings. The highest BCUT2D eigenvalue weighted by Crippen LogP contribution is 2.40. The third-order valence-corrected chi connectivity index (χ3v) is 6.78. The van der Waals surface area contributed by atoms with Crippen molar-refractivity contribution in [1.29, 1.82) is 0 Å². The van der Waals surface area contributed by atoms with Crippen molar-refractivity contribution in [3.63, 3.8) is 0 Å². The number of hydrogen-bond donors (Lipinski definition) is 2. The highest BCUT2D eigenvalue weighted by atomic mass is 32.2. The third-order valence-electron chi connectivity index (χ3n) is 5.70. The Morgan fingerprint density at radius 1 is 1.00 bits per heavy atom. The zero-order valence-electron chi connectivity index (χ0n) is 19.5. The number of allylic oxidation sites excluding steroid dienone is 1. The second-order valence-electron chi connectivity index (χ2n) is 9.34. The number of thioether (sulfide) groups is 1. The molecule has 172 valence electrons. The molecule has 4 rings (SSSR count). The molecule has 2 aromatic carbocycles. The Bertz CT molecular complexity index is 1100. The zero-order chi connectivity index (χ0) is 23.6. The van der Waals surface area contributed by atoms with Crippen molar-refractivity contribution in [2.75, 3.05) is 22.9 Å². The van der Waals surface area contributed by atoms with E-state index in [0.717, 1.165) is 46.5 Å². The molecule has 2 heterocycles. The van der Waals surface area contributed by atoms with Crippen molar-refractivity contribution in [2.45, 2.75) is 40.2 Å². The van der Waals surface area contributed by atoms with E-state index in [4.69, 9.17) is 4.99 Å². The molecule has 0 aliphatic carbocycles. The van der Waals surface area contributed by atoms with Crippen molar-refractivity contribution in [1.82, 2.24) is 4.90 Å². The van der Waals surface area contributed by atoms with Crippen LogP contribution in [0.4, 0.5) is 11.4 Å². The molecule has 2 aromatic rings. The van der Waals surface area contributed by atoms with Gasteiger partial charge in [-0.3, -0.25) is 9.59 Å². The van der Waals surface area contributed by atoms with E-state index in [1.807, 2.05) is 82.3 Å². The average Bonchev–Trinajstić information content (AvgIpc) is 2.78. The lowest BCUT2D eigenvalue weighted by Gasteiger charge is -2.41. The van der Waals surface area contributed by atoms with Gasteiger partial charge in [-0.1, -0.05) is 62.9 Å². The average molecular weight is 463 g/mol. The summed E-state index contributed by atoms with van der Waals surface area (Å²) >= 11 is 1.73. The van der Waals surface area contributed by atoms with Crippen LogP contribution in [0.25, 0.3) is 0 Å². The molecule has 6 nitrogen and oxygen atoms in total. The number of carbonyl (C=O) groups excluding carboxylic acids is 2. The Labute approximate surface area is 199 Å². The minimum atomic E-state index is -0.471. The van der Waals surface area contributed by atoms with Crippen LogP contribution in [0.1, 0.15) is 45.7 Å². The van der Waals surface area contributed by atoms with Crippen LogP contribution >= 0.6 is 11.8 Å². The van der Waals surface area contributed by atoms with Crippen LogP contribution in [-0.4, -0.2) is 34.2 Å². The van der Waals surface area contributed by atoms with E-state index in [-0.39, 0.29) is 17.9 Å². The largest absolute Gasteiger partial charge is 0.340 e. The van der Waals surface area contributed by atoms with Crippen LogP contribution in [0.2, 0.25) is 0 Å². The van der Waals surface area contributed by atoms with Crippen molar-refractivity contribution in [3.05, 3.63) is 71.4 Å². The molecule has 2 aliphatic heterocycles. The van der Waals surface area contributed by atoms with Crippen molar-refractivity contribution < 1.29 is 9.59 Å². The molecule has 0 spiro atoms. The van der Waals surface area contributed by atoms with E-state index in [9.17, 15) is 9.59 Å². The van der Waals surface area contributed by atoms with Gasteiger partial charge in [0.25, 0.3) is 5.91 Å². The van der Waals surface area contributed by atoms with Gasteiger partial charge in [-0.25, -0.2) is 4.99 Å². The van der Waals surface area contributed by atoms with E-state index in [2.05, 4.69) is 15.5 Å². The summed E-state index contributed by atoms with van der Waals surface area (Å²) in [6, 6.07) is 17.0. The molecule has 0 saturated carbocycles. The van der Waals surface area contributed by atoms with E-state index in [1.165, 1.54) is 0 Å². The predicted molar refractivity (Wildman–Crippen MR) is 136 cm³/mol. The Morgan fingerprint density at radius 3 is 2.33 bits per heavy atom. The number of rotatable bonds is 4. The molecule has 0 aromatic heterocycles. The van der Waals surface area contributed by atoms with Gasteiger partial charge in [-0.05, 0) is 43.2 Å². The standard InChI is InChI=1S/C26H30N4O2S/c1-17-21(23(31)28-19-9-6-5-7-10-19)22(30-15-8-16-33-25(30)27-17)18-11-13-20(14-12-18)29-24(32)26(2,3)4/h5-7,9-14,22H,8,15-16H2,1-4H3,(H,28,31)(H,29,32). The first-order chi connectivity index (χ1) is 15.7. The number of aliphatic imine (C=N–C) groups is 1. The Hall–Kier alpha value is -3.06. The second kappa shape index (κ2) is 9.43. The van der Waals surface area contributed by atoms with Gasteiger partial charge in [0, 0.05) is 29.1 Å². The first-order valence-electron chi connectivity index (χ1n) is 11.2. The van der Waals surface area contributed by atoms with Gasteiger partial charge in [-0.15, -0.1) is 0 Å². The quantitative estimate of drug-likeness (QED) is 0.635. The minimum Gasteiger partial charge on any atom is -0.340 e. The van der Waals surface area contributed by atoms with Gasteiger partial charge >= 0.3 is 0 Å². The predicted octanol–water partition coefficient (Wildman–Crippen LogP) is 5.43. The van der Waals surface area contributed by atoms with E-state index in [0.29, 0.717) is 5.57 Å². The number of anilines is 2. The maximum Gasteiger partial charge on any atom is 0.255 e. The number of para-hydroxylation sites is 1. The van der Waals surface area contributed by atoms with Crippen molar-refractivity contribution >= 4 is 40.1 Å². The fourth-order valence-corrected chi connectivity index (χ4v) is 4.91. The summed E-state index contributed by atoms with van der Waals surface area (Å²) in [5, 5.41) is 6.97. The van der Waals surface area contributed by atoms with Gasteiger partial charge < -0.3 is 15.5 Å². The summed E-state index contributed by atoms with van der Waals surface area (Å²) in [6.45, 7) is 8.41. The maximum atomic E-state index is 13.4. The van der Waals surface area contributed by atoms with E-state index >= 15 is 0 Å². The molecule has 7 heteroatoms. The molecule has 33 heavy (non-hydrogen) atoms. The highest BCUT2D eigenvalue weighted by Gasteiger charge is 2.37. The van der Waals surface area contributed by atoms with Gasteiger partial charge in [0.15, 0.2) is 5.17 Å². The summed E-state index contributed by atoms with van der Waals surface area (Å²) in [6.07, 6.45) is 1.03. The molecule has 1 atom stereocenters. The van der Waals surface area contributed by atoms with Crippen molar-refractivity contribution in [2.24, 2.45) is 10.4 Å². The molecule has 1 saturated heterocycles. The Balaban J connectivity index is 1.66. The molecule has 2 N–H and O–H groups in total. The van der Waals surface area contributed by atoms with Gasteiger partial charge in [-0.2, -0.15) is 0 Å². The van der Waals surface area contributed by atoms with Gasteiger partial charge in [0.2, 0.25) is 5.91 Å². The van der Waals surface area contributed by atoms with Crippen LogP contribution in [0, 0.1) is 5.41 Å². The summed E-state index contributed by atoms with van der Waals surface area (Å²) in [7, 11) is 0. The fraction of sp³-hybridized carbons (Fsp3) is 0.346. The fourth-order valence-electron chi connectivity index (χ4n) is 3.89. The van der Waals surface area contributed by atoms with E-state index < -0.39 is 5.41 Å². The van der Waals surface area contributed by atoms with Crippen LogP contribution in [0.3, 0.4) is 0 Å². The number of hydrogen-bond acceptors (Lipinski definition) is 5. The summed E-state index contributed by atoms with van der Waals surface area (Å²) in [5.74, 6) is 0.846. The molecule has 1 fully saturated rings. The molecule has 2 amide bonds. The van der Waals surface area contributed by atoms with Crippen LogP contribution in [-0.2, 0) is 9.59 Å². The maximum absolute atomic E-state index is 13.4. The number of benzene rings is 2. The summed E-state index contributed by atoms with van der Waals surface area (Å²) < 4.78 is 0. The van der Waals surface area contributed by atoms with Crippen molar-refractivity contribution in [3.8, 4) is 0 Å². The monoisotopic (exact) mass is 462 g/mol. The summed E-state index contributed by atoms with van der Waals surface area (Å²) in [4.78, 5) is 32.8. The Kier molecular flexibility index (Phi) is 6.61. The number of fused-ring (bicyclic) bond motifs is 1. The lowest BCUT2D eigenvalue weighted by molar-refractivity contribution is -0.123. The first kappa shape index (κ1) is 23.1. The highest BCUT2D eigenvalue weighted by molar-refractivity contribution is 8.13. The molecular weight excluding hydrogens is 432 g/mol. The summed E-state index contributed by atoms with van der Waals surface area (Å²) in [5.41, 5.74) is 3.41. The molecular formula is C26H30N4O2S. The topological polar surface area (TPSA) is 73.8 Å². The van der Waals surface area contributed by atoms with Crippen LogP contribution in [0.15, 0.2) is 70.9 Å². The van der Waals surface area contributed by atoms with Crippen LogP contribution < -0.4 is 10.6 Å². The Morgan fingerprint density at radius 2 is 1.67 bits per heavy atom.